The standard InChI is InChI=1S/C13H22N4/c1-5-7-15-13(9-14)6-8-17-12(4)10(2)11(3)16-17/h13,15H,5-8H2,1-4H3. The molecular weight excluding hydrogens is 212 g/mol. The van der Waals surface area contributed by atoms with Gasteiger partial charge in [0.15, 0.2) is 0 Å². The van der Waals surface area contributed by atoms with Crippen LogP contribution in [0.3, 0.4) is 0 Å². The number of rotatable bonds is 6. The molecule has 0 fully saturated rings. The monoisotopic (exact) mass is 234 g/mol. The van der Waals surface area contributed by atoms with Gasteiger partial charge < -0.3 is 5.32 Å². The zero-order valence-electron chi connectivity index (χ0n) is 11.2. The van der Waals surface area contributed by atoms with E-state index in [1.807, 2.05) is 11.6 Å². The fourth-order valence-corrected chi connectivity index (χ4v) is 1.79. The highest BCUT2D eigenvalue weighted by Crippen LogP contribution is 2.11. The molecule has 94 valence electrons. The Morgan fingerprint density at radius 1 is 1.41 bits per heavy atom. The third-order valence-electron chi connectivity index (χ3n) is 3.17. The SMILES string of the molecule is CCCNC(C#N)CCn1nc(C)c(C)c1C. The van der Waals surface area contributed by atoms with Crippen LogP contribution in [0.25, 0.3) is 0 Å². The number of nitriles is 1. The molecule has 1 aromatic rings. The van der Waals surface area contributed by atoms with Crippen LogP contribution in [0.4, 0.5) is 0 Å². The first-order chi connectivity index (χ1) is 8.10. The molecular formula is C13H22N4. The summed E-state index contributed by atoms with van der Waals surface area (Å²) in [7, 11) is 0. The zero-order chi connectivity index (χ0) is 12.8. The molecule has 4 nitrogen and oxygen atoms in total. The second-order valence-electron chi connectivity index (χ2n) is 4.44. The van der Waals surface area contributed by atoms with Crippen LogP contribution in [-0.4, -0.2) is 22.4 Å². The summed E-state index contributed by atoms with van der Waals surface area (Å²) in [4.78, 5) is 0. The summed E-state index contributed by atoms with van der Waals surface area (Å²) in [5.41, 5.74) is 3.53. The Labute approximate surface area is 104 Å². The van der Waals surface area contributed by atoms with Crippen LogP contribution in [0.2, 0.25) is 0 Å². The van der Waals surface area contributed by atoms with Crippen molar-refractivity contribution >= 4 is 0 Å². The van der Waals surface area contributed by atoms with Crippen molar-refractivity contribution in [3.8, 4) is 6.07 Å². The quantitative estimate of drug-likeness (QED) is 0.820. The van der Waals surface area contributed by atoms with Gasteiger partial charge in [-0.3, -0.25) is 4.68 Å². The van der Waals surface area contributed by atoms with Gasteiger partial charge in [0, 0.05) is 12.2 Å². The van der Waals surface area contributed by atoms with E-state index in [2.05, 4.69) is 37.3 Å². The second-order valence-corrected chi connectivity index (χ2v) is 4.44. The Morgan fingerprint density at radius 2 is 2.12 bits per heavy atom. The van der Waals surface area contributed by atoms with Gasteiger partial charge in [0.1, 0.15) is 0 Å². The summed E-state index contributed by atoms with van der Waals surface area (Å²) in [6.45, 7) is 9.99. The number of nitrogens with one attached hydrogen (secondary N) is 1. The number of hydrogen-bond acceptors (Lipinski definition) is 3. The van der Waals surface area contributed by atoms with E-state index in [1.54, 1.807) is 0 Å². The van der Waals surface area contributed by atoms with Crippen molar-refractivity contribution in [3.63, 3.8) is 0 Å². The molecule has 1 heterocycles. The minimum absolute atomic E-state index is 0.0702. The summed E-state index contributed by atoms with van der Waals surface area (Å²) in [6.07, 6.45) is 1.86. The molecule has 1 N–H and O–H groups in total. The Bertz CT molecular complexity index is 400. The van der Waals surface area contributed by atoms with Gasteiger partial charge in [-0.2, -0.15) is 10.4 Å². The van der Waals surface area contributed by atoms with Crippen LogP contribution in [0, 0.1) is 32.1 Å². The van der Waals surface area contributed by atoms with Crippen molar-refractivity contribution in [2.75, 3.05) is 6.54 Å². The third kappa shape index (κ3) is 3.57. The molecule has 0 saturated carbocycles. The van der Waals surface area contributed by atoms with Crippen molar-refractivity contribution in [3.05, 3.63) is 17.0 Å². The van der Waals surface area contributed by atoms with Crippen LogP contribution in [0.1, 0.15) is 36.7 Å². The highest BCUT2D eigenvalue weighted by atomic mass is 15.3. The van der Waals surface area contributed by atoms with Gasteiger partial charge >= 0.3 is 0 Å². The predicted molar refractivity (Wildman–Crippen MR) is 68.7 cm³/mol. The molecule has 0 amide bonds. The van der Waals surface area contributed by atoms with E-state index < -0.39 is 0 Å². The summed E-state index contributed by atoms with van der Waals surface area (Å²) in [5, 5.41) is 16.7. The normalized spacial score (nSPS) is 12.4. The zero-order valence-corrected chi connectivity index (χ0v) is 11.2. The molecule has 0 bridgehead atoms. The Hall–Kier alpha value is -1.34. The molecule has 0 aromatic carbocycles. The lowest BCUT2D eigenvalue weighted by molar-refractivity contribution is 0.486. The average molecular weight is 234 g/mol. The first-order valence-electron chi connectivity index (χ1n) is 6.23. The number of aromatic nitrogens is 2. The lowest BCUT2D eigenvalue weighted by atomic mass is 10.2. The van der Waals surface area contributed by atoms with Crippen LogP contribution in [0.5, 0.6) is 0 Å². The molecule has 0 aliphatic rings. The van der Waals surface area contributed by atoms with Gasteiger partial charge in [0.25, 0.3) is 0 Å². The lowest BCUT2D eigenvalue weighted by Gasteiger charge is -2.11. The van der Waals surface area contributed by atoms with E-state index in [-0.39, 0.29) is 6.04 Å². The lowest BCUT2D eigenvalue weighted by Crippen LogP contribution is -2.29. The van der Waals surface area contributed by atoms with Crippen LogP contribution < -0.4 is 5.32 Å². The third-order valence-corrected chi connectivity index (χ3v) is 3.17. The average Bonchev–Trinajstić information content (AvgIpc) is 2.57. The molecule has 0 radical (unpaired) electrons. The Morgan fingerprint density at radius 3 is 2.59 bits per heavy atom. The minimum Gasteiger partial charge on any atom is -0.302 e. The molecule has 0 aliphatic heterocycles. The highest BCUT2D eigenvalue weighted by Gasteiger charge is 2.10. The van der Waals surface area contributed by atoms with E-state index in [4.69, 9.17) is 5.26 Å². The molecule has 1 atom stereocenters. The number of nitrogens with zero attached hydrogens (tertiary/aromatic N) is 3. The Balaban J connectivity index is 2.54. The summed E-state index contributed by atoms with van der Waals surface area (Å²) in [5.74, 6) is 0. The summed E-state index contributed by atoms with van der Waals surface area (Å²) in [6, 6.07) is 2.23. The fourth-order valence-electron chi connectivity index (χ4n) is 1.79. The minimum atomic E-state index is -0.0702. The van der Waals surface area contributed by atoms with Gasteiger partial charge in [-0.15, -0.1) is 0 Å². The highest BCUT2D eigenvalue weighted by molar-refractivity contribution is 5.22. The van der Waals surface area contributed by atoms with Crippen molar-refractivity contribution < 1.29 is 0 Å². The van der Waals surface area contributed by atoms with E-state index in [0.717, 1.165) is 31.6 Å². The predicted octanol–water partition coefficient (Wildman–Crippen LogP) is 2.09. The topological polar surface area (TPSA) is 53.6 Å². The molecule has 4 heteroatoms. The van der Waals surface area contributed by atoms with E-state index in [9.17, 15) is 0 Å². The maximum atomic E-state index is 9.02. The summed E-state index contributed by atoms with van der Waals surface area (Å²) >= 11 is 0. The van der Waals surface area contributed by atoms with Gasteiger partial charge in [-0.05, 0) is 45.7 Å². The molecule has 17 heavy (non-hydrogen) atoms. The van der Waals surface area contributed by atoms with Gasteiger partial charge in [0.05, 0.1) is 17.8 Å². The van der Waals surface area contributed by atoms with Gasteiger partial charge in [-0.1, -0.05) is 6.92 Å². The first kappa shape index (κ1) is 13.7. The van der Waals surface area contributed by atoms with Crippen LogP contribution in [0.15, 0.2) is 0 Å². The van der Waals surface area contributed by atoms with Gasteiger partial charge in [-0.25, -0.2) is 0 Å². The first-order valence-corrected chi connectivity index (χ1v) is 6.23. The Kier molecular flexibility index (Phi) is 5.17. The largest absolute Gasteiger partial charge is 0.302 e. The maximum absolute atomic E-state index is 9.02. The van der Waals surface area contributed by atoms with Crippen LogP contribution >= 0.6 is 0 Å². The van der Waals surface area contributed by atoms with E-state index in [1.165, 1.54) is 11.3 Å². The second kappa shape index (κ2) is 6.41. The fraction of sp³-hybridized carbons (Fsp3) is 0.692. The molecule has 0 aliphatic carbocycles. The van der Waals surface area contributed by atoms with E-state index >= 15 is 0 Å². The van der Waals surface area contributed by atoms with Crippen molar-refractivity contribution in [1.29, 1.82) is 5.26 Å². The van der Waals surface area contributed by atoms with Gasteiger partial charge in [0.2, 0.25) is 0 Å². The molecule has 1 rings (SSSR count). The van der Waals surface area contributed by atoms with Crippen molar-refractivity contribution in [2.45, 2.75) is 53.1 Å². The molecule has 0 saturated heterocycles. The van der Waals surface area contributed by atoms with Crippen molar-refractivity contribution in [1.82, 2.24) is 15.1 Å². The number of aryl methyl sites for hydroxylation is 2. The summed E-state index contributed by atoms with van der Waals surface area (Å²) < 4.78 is 2.00. The molecule has 0 spiro atoms. The molecule has 1 aromatic heterocycles. The number of hydrogen-bond donors (Lipinski definition) is 1. The smallest absolute Gasteiger partial charge is 0.0970 e. The maximum Gasteiger partial charge on any atom is 0.0970 e. The molecule has 1 unspecified atom stereocenters. The van der Waals surface area contributed by atoms with Crippen LogP contribution in [-0.2, 0) is 6.54 Å². The van der Waals surface area contributed by atoms with Crippen molar-refractivity contribution in [2.24, 2.45) is 0 Å². The van der Waals surface area contributed by atoms with E-state index in [0.29, 0.717) is 0 Å².